The SMILES string of the molecule is COc1c(Br)cccc1[C@H]1CN(C(C)(C)C)C[C@@H]1C#N. The smallest absolute Gasteiger partial charge is 0.136 e. The van der Waals surface area contributed by atoms with Gasteiger partial charge in [0.2, 0.25) is 0 Å². The number of nitrogens with zero attached hydrogens (tertiary/aromatic N) is 2. The largest absolute Gasteiger partial charge is 0.495 e. The topological polar surface area (TPSA) is 36.3 Å². The number of benzene rings is 1. The molecule has 0 aromatic heterocycles. The number of hydrogen-bond acceptors (Lipinski definition) is 3. The number of rotatable bonds is 2. The van der Waals surface area contributed by atoms with Crippen LogP contribution in [0.4, 0.5) is 0 Å². The Labute approximate surface area is 129 Å². The molecular formula is C16H21BrN2O. The Morgan fingerprint density at radius 2 is 2.05 bits per heavy atom. The minimum atomic E-state index is 0.0115. The number of ether oxygens (including phenoxy) is 1. The van der Waals surface area contributed by atoms with Crippen molar-refractivity contribution >= 4 is 15.9 Å². The van der Waals surface area contributed by atoms with Gasteiger partial charge in [0.25, 0.3) is 0 Å². The van der Waals surface area contributed by atoms with Crippen LogP contribution in [0.5, 0.6) is 5.75 Å². The lowest BCUT2D eigenvalue weighted by atomic mass is 9.89. The molecule has 0 bridgehead atoms. The monoisotopic (exact) mass is 336 g/mol. The summed E-state index contributed by atoms with van der Waals surface area (Å²) in [6, 6.07) is 8.53. The zero-order chi connectivity index (χ0) is 14.9. The molecule has 0 unspecified atom stereocenters. The van der Waals surface area contributed by atoms with Crippen molar-refractivity contribution < 1.29 is 4.74 Å². The molecule has 2 atom stereocenters. The Hall–Kier alpha value is -1.05. The first-order chi connectivity index (χ1) is 9.38. The average molecular weight is 337 g/mol. The molecule has 1 aromatic carbocycles. The highest BCUT2D eigenvalue weighted by Gasteiger charge is 2.39. The van der Waals surface area contributed by atoms with Crippen molar-refractivity contribution in [2.24, 2.45) is 5.92 Å². The second-order valence-electron chi connectivity index (χ2n) is 6.28. The molecule has 1 aliphatic rings. The summed E-state index contributed by atoms with van der Waals surface area (Å²) in [7, 11) is 1.68. The molecule has 0 aliphatic carbocycles. The fraction of sp³-hybridized carbons (Fsp3) is 0.562. The molecule has 0 saturated carbocycles. The van der Waals surface area contributed by atoms with Crippen LogP contribution in [0.1, 0.15) is 32.3 Å². The minimum Gasteiger partial charge on any atom is -0.495 e. The molecule has 1 aliphatic heterocycles. The van der Waals surface area contributed by atoms with Gasteiger partial charge in [-0.3, -0.25) is 4.90 Å². The molecule has 108 valence electrons. The van der Waals surface area contributed by atoms with Crippen LogP contribution in [0.15, 0.2) is 22.7 Å². The summed E-state index contributed by atoms with van der Waals surface area (Å²) < 4.78 is 6.48. The molecule has 3 nitrogen and oxygen atoms in total. The molecule has 0 N–H and O–H groups in total. The van der Waals surface area contributed by atoms with Crippen LogP contribution >= 0.6 is 15.9 Å². The van der Waals surface area contributed by atoms with E-state index in [1.807, 2.05) is 12.1 Å². The predicted molar refractivity (Wildman–Crippen MR) is 83.9 cm³/mol. The molecular weight excluding hydrogens is 316 g/mol. The molecule has 4 heteroatoms. The van der Waals surface area contributed by atoms with E-state index >= 15 is 0 Å². The van der Waals surface area contributed by atoms with Gasteiger partial charge in [0.05, 0.1) is 23.6 Å². The first kappa shape index (κ1) is 15.3. The van der Waals surface area contributed by atoms with E-state index in [0.717, 1.165) is 28.9 Å². The highest BCUT2D eigenvalue weighted by atomic mass is 79.9. The van der Waals surface area contributed by atoms with Crippen molar-refractivity contribution in [3.8, 4) is 11.8 Å². The summed E-state index contributed by atoms with van der Waals surface area (Å²) in [5.74, 6) is 1.07. The number of para-hydroxylation sites is 1. The Balaban J connectivity index is 2.38. The highest BCUT2D eigenvalue weighted by Crippen LogP contribution is 2.42. The van der Waals surface area contributed by atoms with Crippen LogP contribution in [0.2, 0.25) is 0 Å². The van der Waals surface area contributed by atoms with Crippen LogP contribution < -0.4 is 4.74 Å². The van der Waals surface area contributed by atoms with Crippen LogP contribution in [-0.4, -0.2) is 30.6 Å². The molecule has 1 aromatic rings. The lowest BCUT2D eigenvalue weighted by Crippen LogP contribution is -2.39. The molecule has 20 heavy (non-hydrogen) atoms. The van der Waals surface area contributed by atoms with Crippen molar-refractivity contribution in [1.29, 1.82) is 5.26 Å². The molecule has 1 fully saturated rings. The summed E-state index contributed by atoms with van der Waals surface area (Å²) in [6.45, 7) is 8.31. The molecule has 1 saturated heterocycles. The standard InChI is InChI=1S/C16H21BrN2O/c1-16(2,3)19-9-11(8-18)13(10-19)12-6-5-7-14(17)15(12)20-4/h5-7,11,13H,9-10H2,1-4H3/t11-,13-/m0/s1. The Kier molecular flexibility index (Phi) is 4.41. The summed E-state index contributed by atoms with van der Waals surface area (Å²) in [5.41, 5.74) is 1.21. The number of hydrogen-bond donors (Lipinski definition) is 0. The van der Waals surface area contributed by atoms with Crippen molar-refractivity contribution in [2.75, 3.05) is 20.2 Å². The van der Waals surface area contributed by atoms with Crippen molar-refractivity contribution in [2.45, 2.75) is 32.2 Å². The third kappa shape index (κ3) is 2.84. The van der Waals surface area contributed by atoms with Gasteiger partial charge in [-0.25, -0.2) is 0 Å². The summed E-state index contributed by atoms with van der Waals surface area (Å²) in [6.07, 6.45) is 0. The van der Waals surface area contributed by atoms with E-state index in [0.29, 0.717) is 0 Å². The zero-order valence-electron chi connectivity index (χ0n) is 12.5. The maximum Gasteiger partial charge on any atom is 0.136 e. The van der Waals surface area contributed by atoms with Gasteiger partial charge >= 0.3 is 0 Å². The van der Waals surface area contributed by atoms with Crippen LogP contribution in [0, 0.1) is 17.2 Å². The van der Waals surface area contributed by atoms with Gasteiger partial charge in [0, 0.05) is 30.1 Å². The summed E-state index contributed by atoms with van der Waals surface area (Å²) in [4.78, 5) is 2.38. The predicted octanol–water partition coefficient (Wildman–Crippen LogP) is 3.80. The third-order valence-corrected chi connectivity index (χ3v) is 4.66. The molecule has 0 radical (unpaired) electrons. The summed E-state index contributed by atoms with van der Waals surface area (Å²) >= 11 is 3.53. The number of methoxy groups -OCH3 is 1. The van der Waals surface area contributed by atoms with E-state index in [1.165, 1.54) is 0 Å². The lowest BCUT2D eigenvalue weighted by molar-refractivity contribution is 0.170. The average Bonchev–Trinajstić information content (AvgIpc) is 2.82. The van der Waals surface area contributed by atoms with Gasteiger partial charge in [0.15, 0.2) is 0 Å². The number of halogens is 1. The molecule has 2 rings (SSSR count). The first-order valence-electron chi connectivity index (χ1n) is 6.85. The molecule has 0 spiro atoms. The Morgan fingerprint density at radius 1 is 1.35 bits per heavy atom. The van der Waals surface area contributed by atoms with E-state index in [9.17, 15) is 5.26 Å². The van der Waals surface area contributed by atoms with E-state index in [2.05, 4.69) is 53.7 Å². The number of likely N-dealkylation sites (tertiary alicyclic amines) is 1. The highest BCUT2D eigenvalue weighted by molar-refractivity contribution is 9.10. The van der Waals surface area contributed by atoms with E-state index in [4.69, 9.17) is 4.74 Å². The molecule has 0 amide bonds. The third-order valence-electron chi connectivity index (χ3n) is 4.04. The van der Waals surface area contributed by atoms with Crippen molar-refractivity contribution in [3.63, 3.8) is 0 Å². The first-order valence-corrected chi connectivity index (χ1v) is 7.65. The van der Waals surface area contributed by atoms with Gasteiger partial charge in [-0.15, -0.1) is 0 Å². The van der Waals surface area contributed by atoms with Crippen molar-refractivity contribution in [1.82, 2.24) is 4.90 Å². The fourth-order valence-electron chi connectivity index (χ4n) is 2.83. The Bertz CT molecular complexity index is 530. The van der Waals surface area contributed by atoms with Gasteiger partial charge < -0.3 is 4.74 Å². The van der Waals surface area contributed by atoms with Gasteiger partial charge in [0.1, 0.15) is 5.75 Å². The normalized spacial score (nSPS) is 23.6. The Morgan fingerprint density at radius 3 is 2.60 bits per heavy atom. The second-order valence-corrected chi connectivity index (χ2v) is 7.13. The quantitative estimate of drug-likeness (QED) is 0.824. The summed E-state index contributed by atoms with van der Waals surface area (Å²) in [5, 5.41) is 9.48. The zero-order valence-corrected chi connectivity index (χ0v) is 14.1. The fourth-order valence-corrected chi connectivity index (χ4v) is 3.37. The lowest BCUT2D eigenvalue weighted by Gasteiger charge is -2.31. The number of nitriles is 1. The van der Waals surface area contributed by atoms with E-state index in [-0.39, 0.29) is 17.4 Å². The van der Waals surface area contributed by atoms with Gasteiger partial charge in [-0.1, -0.05) is 12.1 Å². The maximum atomic E-state index is 9.48. The maximum absolute atomic E-state index is 9.48. The molecule has 1 heterocycles. The second kappa shape index (κ2) is 5.75. The van der Waals surface area contributed by atoms with Crippen molar-refractivity contribution in [3.05, 3.63) is 28.2 Å². The van der Waals surface area contributed by atoms with Gasteiger partial charge in [-0.2, -0.15) is 5.26 Å². The van der Waals surface area contributed by atoms with E-state index < -0.39 is 0 Å². The minimum absolute atomic E-state index is 0.0115. The van der Waals surface area contributed by atoms with Crippen LogP contribution in [-0.2, 0) is 0 Å². The van der Waals surface area contributed by atoms with Gasteiger partial charge in [-0.05, 0) is 42.8 Å². The van der Waals surface area contributed by atoms with Crippen LogP contribution in [0.3, 0.4) is 0 Å². The van der Waals surface area contributed by atoms with Crippen LogP contribution in [0.25, 0.3) is 0 Å². The van der Waals surface area contributed by atoms with E-state index in [1.54, 1.807) is 7.11 Å².